The van der Waals surface area contributed by atoms with Crippen molar-refractivity contribution in [1.82, 2.24) is 24.5 Å². The van der Waals surface area contributed by atoms with Gasteiger partial charge in [-0.15, -0.1) is 0 Å². The van der Waals surface area contributed by atoms with E-state index in [0.717, 1.165) is 25.9 Å². The van der Waals surface area contributed by atoms with Gasteiger partial charge in [-0.2, -0.15) is 15.0 Å². The van der Waals surface area contributed by atoms with E-state index in [4.69, 9.17) is 5.73 Å². The van der Waals surface area contributed by atoms with Crippen molar-refractivity contribution < 1.29 is 5.11 Å². The average Bonchev–Trinajstić information content (AvgIpc) is 3.01. The van der Waals surface area contributed by atoms with Crippen molar-refractivity contribution in [3.63, 3.8) is 0 Å². The Morgan fingerprint density at radius 2 is 1.95 bits per heavy atom. The second-order valence-corrected chi connectivity index (χ2v) is 5.33. The van der Waals surface area contributed by atoms with E-state index in [1.54, 1.807) is 23.3 Å². The number of aliphatic hydroxyl groups is 1. The van der Waals surface area contributed by atoms with Crippen molar-refractivity contribution in [2.75, 3.05) is 23.7 Å². The van der Waals surface area contributed by atoms with E-state index in [2.05, 4.69) is 24.8 Å². The molecule has 112 valence electrons. The summed E-state index contributed by atoms with van der Waals surface area (Å²) < 4.78 is 1.70. The number of piperidine rings is 1. The molecule has 3 heterocycles. The first-order chi connectivity index (χ1) is 10.1. The minimum Gasteiger partial charge on any atom is -0.393 e. The van der Waals surface area contributed by atoms with E-state index < -0.39 is 0 Å². The fourth-order valence-corrected chi connectivity index (χ4v) is 2.59. The Bertz CT molecular complexity index is 591. The molecule has 1 unspecified atom stereocenters. The highest BCUT2D eigenvalue weighted by Crippen LogP contribution is 2.23. The summed E-state index contributed by atoms with van der Waals surface area (Å²) in [6.07, 6.45) is 6.62. The quantitative estimate of drug-likeness (QED) is 0.833. The van der Waals surface area contributed by atoms with Crippen LogP contribution in [0.1, 0.15) is 19.8 Å². The number of hydrogen-bond acceptors (Lipinski definition) is 7. The molecule has 0 aromatic carbocycles. The molecule has 1 fully saturated rings. The Balaban J connectivity index is 1.80. The monoisotopic (exact) mass is 289 g/mol. The lowest BCUT2D eigenvalue weighted by atomic mass is 9.92. The Labute approximate surface area is 122 Å². The largest absolute Gasteiger partial charge is 0.393 e. The molecular formula is C13H19N7O. The number of nitrogens with zero attached hydrogens (tertiary/aromatic N) is 6. The van der Waals surface area contributed by atoms with Crippen LogP contribution in [-0.2, 0) is 0 Å². The molecular weight excluding hydrogens is 270 g/mol. The standard InChI is InChI=1S/C13H19N7O/c1-9(21)10-2-5-19(6-3-10)12-16-11(14)17-13(18-12)20-7-4-15-8-20/h4,7-10,21H,2-3,5-6H2,1H3,(H2,14,16,17,18). The van der Waals surface area contributed by atoms with Crippen molar-refractivity contribution in [2.45, 2.75) is 25.9 Å². The Morgan fingerprint density at radius 1 is 1.24 bits per heavy atom. The van der Waals surface area contributed by atoms with Gasteiger partial charge in [-0.3, -0.25) is 4.57 Å². The highest BCUT2D eigenvalue weighted by molar-refractivity contribution is 5.38. The van der Waals surface area contributed by atoms with E-state index in [1.807, 2.05) is 6.92 Å². The summed E-state index contributed by atoms with van der Waals surface area (Å²) in [5.74, 6) is 1.58. The zero-order valence-corrected chi connectivity index (χ0v) is 11.9. The highest BCUT2D eigenvalue weighted by atomic mass is 16.3. The summed E-state index contributed by atoms with van der Waals surface area (Å²) in [6, 6.07) is 0. The SMILES string of the molecule is CC(O)C1CCN(c2nc(N)nc(-n3ccnc3)n2)CC1. The summed E-state index contributed by atoms with van der Waals surface area (Å²) >= 11 is 0. The molecule has 3 N–H and O–H groups in total. The van der Waals surface area contributed by atoms with Crippen molar-refractivity contribution in [1.29, 1.82) is 0 Å². The zero-order valence-electron chi connectivity index (χ0n) is 11.9. The van der Waals surface area contributed by atoms with Crippen molar-refractivity contribution in [3.8, 4) is 5.95 Å². The summed E-state index contributed by atoms with van der Waals surface area (Å²) in [5, 5.41) is 9.66. The van der Waals surface area contributed by atoms with Gasteiger partial charge in [0, 0.05) is 25.5 Å². The molecule has 21 heavy (non-hydrogen) atoms. The molecule has 8 heteroatoms. The van der Waals surface area contributed by atoms with Gasteiger partial charge in [0.2, 0.25) is 17.8 Å². The lowest BCUT2D eigenvalue weighted by Gasteiger charge is -2.33. The number of nitrogen functional groups attached to an aromatic ring is 1. The zero-order chi connectivity index (χ0) is 14.8. The average molecular weight is 289 g/mol. The smallest absolute Gasteiger partial charge is 0.241 e. The van der Waals surface area contributed by atoms with E-state index in [9.17, 15) is 5.11 Å². The first-order valence-corrected chi connectivity index (χ1v) is 7.06. The molecule has 2 aromatic heterocycles. The Kier molecular flexibility index (Phi) is 3.70. The third kappa shape index (κ3) is 2.94. The van der Waals surface area contributed by atoms with Crippen molar-refractivity contribution in [3.05, 3.63) is 18.7 Å². The van der Waals surface area contributed by atoms with Crippen LogP contribution in [0.25, 0.3) is 5.95 Å². The minimum atomic E-state index is -0.267. The highest BCUT2D eigenvalue weighted by Gasteiger charge is 2.24. The molecule has 2 aromatic rings. The van der Waals surface area contributed by atoms with Crippen molar-refractivity contribution in [2.24, 2.45) is 5.92 Å². The summed E-state index contributed by atoms with van der Waals surface area (Å²) in [5.41, 5.74) is 5.79. The molecule has 0 saturated carbocycles. The molecule has 0 radical (unpaired) electrons. The molecule has 0 amide bonds. The predicted octanol–water partition coefficient (Wildman–Crippen LogP) is 0.237. The predicted molar refractivity (Wildman–Crippen MR) is 78.0 cm³/mol. The topological polar surface area (TPSA) is 106 Å². The van der Waals surface area contributed by atoms with Crippen LogP contribution >= 0.6 is 0 Å². The molecule has 1 aliphatic rings. The summed E-state index contributed by atoms with van der Waals surface area (Å²) in [6.45, 7) is 3.46. The molecule has 0 aliphatic carbocycles. The van der Waals surface area contributed by atoms with E-state index in [1.165, 1.54) is 0 Å². The third-order valence-electron chi connectivity index (χ3n) is 3.87. The third-order valence-corrected chi connectivity index (χ3v) is 3.87. The summed E-state index contributed by atoms with van der Waals surface area (Å²) in [4.78, 5) is 18.9. The van der Waals surface area contributed by atoms with Crippen LogP contribution in [0.15, 0.2) is 18.7 Å². The van der Waals surface area contributed by atoms with E-state index in [-0.39, 0.29) is 12.1 Å². The van der Waals surface area contributed by atoms with Gasteiger partial charge in [0.1, 0.15) is 6.33 Å². The van der Waals surface area contributed by atoms with E-state index >= 15 is 0 Å². The van der Waals surface area contributed by atoms with Gasteiger partial charge in [0.05, 0.1) is 6.10 Å². The van der Waals surface area contributed by atoms with Crippen LogP contribution in [0.4, 0.5) is 11.9 Å². The van der Waals surface area contributed by atoms with Crippen LogP contribution in [0.2, 0.25) is 0 Å². The van der Waals surface area contributed by atoms with Gasteiger partial charge in [-0.05, 0) is 25.7 Å². The molecule has 8 nitrogen and oxygen atoms in total. The van der Waals surface area contributed by atoms with Crippen molar-refractivity contribution >= 4 is 11.9 Å². The van der Waals surface area contributed by atoms with Crippen LogP contribution in [0, 0.1) is 5.92 Å². The number of aliphatic hydroxyl groups excluding tert-OH is 1. The second-order valence-electron chi connectivity index (χ2n) is 5.33. The number of imidazole rings is 1. The Morgan fingerprint density at radius 3 is 2.57 bits per heavy atom. The first kappa shape index (κ1) is 13.7. The number of anilines is 2. The molecule has 0 spiro atoms. The number of rotatable bonds is 3. The van der Waals surface area contributed by atoms with Gasteiger partial charge >= 0.3 is 0 Å². The Hall–Kier alpha value is -2.22. The maximum Gasteiger partial charge on any atom is 0.241 e. The summed E-state index contributed by atoms with van der Waals surface area (Å²) in [7, 11) is 0. The maximum atomic E-state index is 9.66. The number of nitrogens with two attached hydrogens (primary N) is 1. The number of hydrogen-bond donors (Lipinski definition) is 2. The van der Waals surface area contributed by atoms with Crippen LogP contribution in [0.3, 0.4) is 0 Å². The van der Waals surface area contributed by atoms with Gasteiger partial charge < -0.3 is 15.7 Å². The normalized spacial score (nSPS) is 17.9. The first-order valence-electron chi connectivity index (χ1n) is 7.06. The van der Waals surface area contributed by atoms with Crippen LogP contribution < -0.4 is 10.6 Å². The van der Waals surface area contributed by atoms with Gasteiger partial charge in [0.25, 0.3) is 0 Å². The van der Waals surface area contributed by atoms with Gasteiger partial charge in [0.15, 0.2) is 0 Å². The minimum absolute atomic E-state index is 0.196. The van der Waals surface area contributed by atoms with Gasteiger partial charge in [-0.25, -0.2) is 4.98 Å². The fraction of sp³-hybridized carbons (Fsp3) is 0.538. The molecule has 1 aliphatic heterocycles. The fourth-order valence-electron chi connectivity index (χ4n) is 2.59. The van der Waals surface area contributed by atoms with E-state index in [0.29, 0.717) is 17.8 Å². The maximum absolute atomic E-state index is 9.66. The lowest BCUT2D eigenvalue weighted by molar-refractivity contribution is 0.109. The molecule has 1 saturated heterocycles. The molecule has 1 atom stereocenters. The second kappa shape index (κ2) is 5.65. The van der Waals surface area contributed by atoms with Crippen LogP contribution in [0.5, 0.6) is 0 Å². The molecule has 0 bridgehead atoms. The molecule has 3 rings (SSSR count). The van der Waals surface area contributed by atoms with Crippen LogP contribution in [-0.4, -0.2) is 48.8 Å². The lowest BCUT2D eigenvalue weighted by Crippen LogP contribution is -2.38. The number of aromatic nitrogens is 5. The van der Waals surface area contributed by atoms with Gasteiger partial charge in [-0.1, -0.05) is 0 Å².